The number of nitrogens with zero attached hydrogens (tertiary/aromatic N) is 3. The number of ether oxygens (including phenoxy) is 1. The van der Waals surface area contributed by atoms with Gasteiger partial charge in [0.1, 0.15) is 11.5 Å². The Morgan fingerprint density at radius 1 is 1.21 bits per heavy atom. The van der Waals surface area contributed by atoms with Crippen molar-refractivity contribution in [3.05, 3.63) is 59.3 Å². The lowest BCUT2D eigenvalue weighted by molar-refractivity contribution is 0.467. The van der Waals surface area contributed by atoms with Crippen LogP contribution in [-0.4, -0.2) is 25.3 Å². The van der Waals surface area contributed by atoms with Crippen LogP contribution in [0.5, 0.6) is 11.5 Å². The number of anilines is 1. The lowest BCUT2D eigenvalue weighted by Crippen LogP contribution is -2.33. The van der Waals surface area contributed by atoms with Crippen LogP contribution in [0.25, 0.3) is 5.57 Å². The smallest absolute Gasteiger partial charge is 0.140 e. The molecule has 1 aliphatic carbocycles. The Balaban J connectivity index is 1.78. The number of benzene rings is 2. The maximum Gasteiger partial charge on any atom is 0.140 e. The highest BCUT2D eigenvalue weighted by Gasteiger charge is 2.26. The maximum atomic E-state index is 9.06. The summed E-state index contributed by atoms with van der Waals surface area (Å²) in [5.41, 5.74) is 10.8. The topological polar surface area (TPSA) is 74.6 Å². The molecule has 0 radical (unpaired) electrons. The van der Waals surface area contributed by atoms with Crippen LogP contribution in [0.15, 0.2) is 47.6 Å². The molecule has 1 unspecified atom stereocenters. The summed E-state index contributed by atoms with van der Waals surface area (Å²) >= 11 is 0. The summed E-state index contributed by atoms with van der Waals surface area (Å²) in [5.74, 6) is 1.53. The van der Waals surface area contributed by atoms with Crippen LogP contribution in [0, 0.1) is 11.3 Å². The van der Waals surface area contributed by atoms with Gasteiger partial charge in [0.05, 0.1) is 17.7 Å². The van der Waals surface area contributed by atoms with Crippen LogP contribution in [-0.2, 0) is 6.42 Å². The Labute approximate surface area is 172 Å². The Hall–Kier alpha value is -3.26. The second-order valence-corrected chi connectivity index (χ2v) is 7.81. The molecule has 29 heavy (non-hydrogen) atoms. The van der Waals surface area contributed by atoms with Crippen molar-refractivity contribution in [3.8, 4) is 17.6 Å². The van der Waals surface area contributed by atoms with E-state index >= 15 is 0 Å². The zero-order valence-corrected chi connectivity index (χ0v) is 16.9. The number of hydrogen-bond acceptors (Lipinski definition) is 5. The van der Waals surface area contributed by atoms with E-state index in [0.717, 1.165) is 42.6 Å². The van der Waals surface area contributed by atoms with Gasteiger partial charge in [-0.1, -0.05) is 0 Å². The predicted octanol–water partition coefficient (Wildman–Crippen LogP) is 4.65. The molecule has 148 valence electrons. The van der Waals surface area contributed by atoms with Crippen molar-refractivity contribution in [3.63, 3.8) is 0 Å². The van der Waals surface area contributed by atoms with E-state index in [1.165, 1.54) is 11.3 Å². The quantitative estimate of drug-likeness (QED) is 0.759. The van der Waals surface area contributed by atoms with E-state index in [2.05, 4.69) is 42.1 Å². The molecule has 2 N–H and O–H groups in total. The van der Waals surface area contributed by atoms with Crippen LogP contribution in [0.1, 0.15) is 42.9 Å². The van der Waals surface area contributed by atoms with E-state index in [4.69, 9.17) is 15.7 Å². The Morgan fingerprint density at radius 3 is 2.62 bits per heavy atom. The average Bonchev–Trinajstić information content (AvgIpc) is 3.57. The van der Waals surface area contributed by atoms with Crippen molar-refractivity contribution < 1.29 is 4.74 Å². The van der Waals surface area contributed by atoms with Gasteiger partial charge in [0, 0.05) is 47.9 Å². The maximum absolute atomic E-state index is 9.06. The molecule has 1 atom stereocenters. The van der Waals surface area contributed by atoms with Gasteiger partial charge in [-0.15, -0.1) is 0 Å². The van der Waals surface area contributed by atoms with Gasteiger partial charge in [0.15, 0.2) is 0 Å². The highest BCUT2D eigenvalue weighted by atomic mass is 16.5. The molecular weight excluding hydrogens is 360 g/mol. The molecule has 1 heterocycles. The number of hydrogen-bond donors (Lipinski definition) is 1. The van der Waals surface area contributed by atoms with Crippen LogP contribution < -0.4 is 15.4 Å². The molecule has 2 aromatic rings. The lowest BCUT2D eigenvalue weighted by Gasteiger charge is -2.35. The third kappa shape index (κ3) is 3.97. The van der Waals surface area contributed by atoms with Crippen molar-refractivity contribution in [2.45, 2.75) is 44.7 Å². The number of aliphatic imine (C=N–C) groups is 1. The standard InChI is InChI=1S/C24H26N4O/c1-16-3-10-22-23(28(16)2)12-11-21(18(14-26)15-27-19-6-7-19)24(22)29-20-8-4-17(13-25)5-9-20/h4-5,8-9,11-12,14-16,19H,3,6-7,10,26H2,1-2H3. The van der Waals surface area contributed by atoms with Crippen molar-refractivity contribution in [2.75, 3.05) is 11.9 Å². The van der Waals surface area contributed by atoms with E-state index in [9.17, 15) is 0 Å². The fourth-order valence-corrected chi connectivity index (χ4v) is 3.64. The molecular formula is C24H26N4O. The summed E-state index contributed by atoms with van der Waals surface area (Å²) in [4.78, 5) is 6.92. The normalized spacial score (nSPS) is 19.1. The highest BCUT2D eigenvalue weighted by molar-refractivity contribution is 6.11. The van der Waals surface area contributed by atoms with Crippen molar-refractivity contribution >= 4 is 17.5 Å². The summed E-state index contributed by atoms with van der Waals surface area (Å²) in [6, 6.07) is 14.5. The first-order valence-corrected chi connectivity index (χ1v) is 10.1. The van der Waals surface area contributed by atoms with E-state index in [1.807, 2.05) is 18.3 Å². The fraction of sp³-hybridized carbons (Fsp3) is 0.333. The number of nitrogens with two attached hydrogens (primary N) is 1. The first-order chi connectivity index (χ1) is 14.1. The van der Waals surface area contributed by atoms with Crippen LogP contribution >= 0.6 is 0 Å². The first-order valence-electron chi connectivity index (χ1n) is 10.1. The van der Waals surface area contributed by atoms with Gasteiger partial charge >= 0.3 is 0 Å². The van der Waals surface area contributed by atoms with E-state index in [0.29, 0.717) is 23.4 Å². The van der Waals surface area contributed by atoms with Crippen LogP contribution in [0.4, 0.5) is 5.69 Å². The van der Waals surface area contributed by atoms with Gasteiger partial charge in [-0.05, 0) is 69.0 Å². The van der Waals surface area contributed by atoms with E-state index in [-0.39, 0.29) is 0 Å². The molecule has 0 aromatic heterocycles. The third-order valence-electron chi connectivity index (χ3n) is 5.75. The van der Waals surface area contributed by atoms with Gasteiger partial charge < -0.3 is 15.4 Å². The third-order valence-corrected chi connectivity index (χ3v) is 5.75. The van der Waals surface area contributed by atoms with E-state index < -0.39 is 0 Å². The van der Waals surface area contributed by atoms with Crippen LogP contribution in [0.2, 0.25) is 0 Å². The molecule has 2 aliphatic rings. The van der Waals surface area contributed by atoms with Crippen molar-refractivity contribution in [1.29, 1.82) is 5.26 Å². The number of rotatable bonds is 5. The zero-order chi connectivity index (χ0) is 20.4. The molecule has 2 aromatic carbocycles. The molecule has 0 amide bonds. The summed E-state index contributed by atoms with van der Waals surface area (Å²) in [7, 11) is 2.13. The molecule has 5 heteroatoms. The lowest BCUT2D eigenvalue weighted by atomic mass is 9.92. The summed E-state index contributed by atoms with van der Waals surface area (Å²) in [6.45, 7) is 2.24. The van der Waals surface area contributed by atoms with Gasteiger partial charge in [-0.3, -0.25) is 4.99 Å². The molecule has 4 rings (SSSR count). The minimum Gasteiger partial charge on any atom is -0.456 e. The van der Waals surface area contributed by atoms with Crippen molar-refractivity contribution in [2.24, 2.45) is 10.7 Å². The van der Waals surface area contributed by atoms with E-state index in [1.54, 1.807) is 18.3 Å². The second kappa shape index (κ2) is 8.00. The minimum absolute atomic E-state index is 0.428. The number of nitriles is 1. The second-order valence-electron chi connectivity index (χ2n) is 7.81. The van der Waals surface area contributed by atoms with Crippen LogP contribution in [0.3, 0.4) is 0 Å². The molecule has 0 saturated heterocycles. The molecule has 5 nitrogen and oxygen atoms in total. The molecule has 0 spiro atoms. The highest BCUT2D eigenvalue weighted by Crippen LogP contribution is 2.42. The zero-order valence-electron chi connectivity index (χ0n) is 16.9. The summed E-state index contributed by atoms with van der Waals surface area (Å²) in [5, 5.41) is 9.06. The largest absolute Gasteiger partial charge is 0.456 e. The average molecular weight is 386 g/mol. The van der Waals surface area contributed by atoms with Gasteiger partial charge in [-0.25, -0.2) is 0 Å². The van der Waals surface area contributed by atoms with Gasteiger partial charge in [-0.2, -0.15) is 5.26 Å². The Morgan fingerprint density at radius 2 is 1.97 bits per heavy atom. The minimum atomic E-state index is 0.428. The molecule has 1 aliphatic heterocycles. The van der Waals surface area contributed by atoms with Gasteiger partial charge in [0.25, 0.3) is 0 Å². The first kappa shape index (κ1) is 19.1. The number of allylic oxidation sites excluding steroid dienone is 1. The Kier molecular flexibility index (Phi) is 5.26. The summed E-state index contributed by atoms with van der Waals surface area (Å²) < 4.78 is 6.40. The number of fused-ring (bicyclic) bond motifs is 1. The summed E-state index contributed by atoms with van der Waals surface area (Å²) in [6.07, 6.45) is 7.78. The fourth-order valence-electron chi connectivity index (χ4n) is 3.64. The van der Waals surface area contributed by atoms with Crippen molar-refractivity contribution in [1.82, 2.24) is 0 Å². The molecule has 1 saturated carbocycles. The molecule has 1 fully saturated rings. The molecule has 0 bridgehead atoms. The monoisotopic (exact) mass is 386 g/mol. The predicted molar refractivity (Wildman–Crippen MR) is 118 cm³/mol. The Bertz CT molecular complexity index is 997. The SMILES string of the molecule is CC1CCc2c(ccc(C(C=NC3CC3)=CN)c2Oc2ccc(C#N)cc2)N1C. The van der Waals surface area contributed by atoms with Gasteiger partial charge in [0.2, 0.25) is 0 Å².